The first-order valence-corrected chi connectivity index (χ1v) is 6.20. The first kappa shape index (κ1) is 15.6. The number of alkyl halides is 3. The standard InChI is InChI=1S/C13H11BrF3NO/c1-3-7-18(4-2)12(19)10-8-9(13(15,16)17)5-6-11(10)14/h1,5-6,8H,4,7H2,2H3. The van der Waals surface area contributed by atoms with Gasteiger partial charge in [-0.25, -0.2) is 0 Å². The molecule has 0 aromatic heterocycles. The molecule has 1 aromatic rings. The Kier molecular flexibility index (Phi) is 5.01. The summed E-state index contributed by atoms with van der Waals surface area (Å²) in [6.07, 6.45) is 0.635. The van der Waals surface area contributed by atoms with E-state index >= 15 is 0 Å². The SMILES string of the molecule is C#CCN(CC)C(=O)c1cc(C(F)(F)F)ccc1Br. The summed E-state index contributed by atoms with van der Waals surface area (Å²) in [5.41, 5.74) is -0.914. The van der Waals surface area contributed by atoms with Crippen molar-refractivity contribution in [2.75, 3.05) is 13.1 Å². The molecule has 0 heterocycles. The fraction of sp³-hybridized carbons (Fsp3) is 0.308. The molecule has 0 bridgehead atoms. The maximum Gasteiger partial charge on any atom is 0.416 e. The fourth-order valence-corrected chi connectivity index (χ4v) is 1.89. The number of nitrogens with zero attached hydrogens (tertiary/aromatic N) is 1. The van der Waals surface area contributed by atoms with Crippen molar-refractivity contribution in [1.82, 2.24) is 4.90 Å². The number of amides is 1. The Morgan fingerprint density at radius 3 is 2.58 bits per heavy atom. The second-order valence-corrected chi connectivity index (χ2v) is 4.57. The zero-order chi connectivity index (χ0) is 14.6. The minimum Gasteiger partial charge on any atom is -0.328 e. The summed E-state index contributed by atoms with van der Waals surface area (Å²) in [6.45, 7) is 2.08. The largest absolute Gasteiger partial charge is 0.416 e. The smallest absolute Gasteiger partial charge is 0.328 e. The lowest BCUT2D eigenvalue weighted by molar-refractivity contribution is -0.137. The highest BCUT2D eigenvalue weighted by Gasteiger charge is 2.32. The average molecular weight is 334 g/mol. The summed E-state index contributed by atoms with van der Waals surface area (Å²) < 4.78 is 38.2. The van der Waals surface area contributed by atoms with Crippen LogP contribution in [0.2, 0.25) is 0 Å². The fourth-order valence-electron chi connectivity index (χ4n) is 1.47. The lowest BCUT2D eigenvalue weighted by Crippen LogP contribution is -2.31. The number of halogens is 4. The minimum absolute atomic E-state index is 0.0491. The van der Waals surface area contributed by atoms with E-state index in [9.17, 15) is 18.0 Å². The third-order valence-corrected chi connectivity index (χ3v) is 3.17. The predicted molar refractivity (Wildman–Crippen MR) is 69.6 cm³/mol. The highest BCUT2D eigenvalue weighted by atomic mass is 79.9. The van der Waals surface area contributed by atoms with Gasteiger partial charge in [0.1, 0.15) is 0 Å². The highest BCUT2D eigenvalue weighted by Crippen LogP contribution is 2.32. The zero-order valence-corrected chi connectivity index (χ0v) is 11.7. The van der Waals surface area contributed by atoms with Gasteiger partial charge in [-0.3, -0.25) is 4.79 Å². The van der Waals surface area contributed by atoms with Gasteiger partial charge in [0, 0.05) is 11.0 Å². The van der Waals surface area contributed by atoms with E-state index in [0.717, 1.165) is 12.1 Å². The van der Waals surface area contributed by atoms with Crippen molar-refractivity contribution in [3.05, 3.63) is 33.8 Å². The van der Waals surface area contributed by atoms with E-state index < -0.39 is 17.6 Å². The molecule has 2 nitrogen and oxygen atoms in total. The second-order valence-electron chi connectivity index (χ2n) is 3.72. The number of terminal acetylenes is 1. The van der Waals surface area contributed by atoms with Gasteiger partial charge in [0.15, 0.2) is 0 Å². The summed E-state index contributed by atoms with van der Waals surface area (Å²) in [4.78, 5) is 13.4. The van der Waals surface area contributed by atoms with Crippen molar-refractivity contribution in [2.45, 2.75) is 13.1 Å². The second kappa shape index (κ2) is 6.11. The van der Waals surface area contributed by atoms with Gasteiger partial charge in [0.25, 0.3) is 5.91 Å². The molecule has 0 spiro atoms. The molecule has 1 amide bonds. The lowest BCUT2D eigenvalue weighted by atomic mass is 10.1. The third kappa shape index (κ3) is 3.74. The van der Waals surface area contributed by atoms with Crippen molar-refractivity contribution in [3.63, 3.8) is 0 Å². The molecule has 0 atom stereocenters. The van der Waals surface area contributed by atoms with Gasteiger partial charge < -0.3 is 4.90 Å². The molecule has 0 aliphatic carbocycles. The van der Waals surface area contributed by atoms with E-state index in [0.29, 0.717) is 11.0 Å². The van der Waals surface area contributed by atoms with Gasteiger partial charge in [-0.1, -0.05) is 5.92 Å². The number of hydrogen-bond acceptors (Lipinski definition) is 1. The van der Waals surface area contributed by atoms with Crippen LogP contribution in [0, 0.1) is 12.3 Å². The topological polar surface area (TPSA) is 20.3 Å². The summed E-state index contributed by atoms with van der Waals surface area (Å²) >= 11 is 3.08. The van der Waals surface area contributed by atoms with E-state index in [1.165, 1.54) is 11.0 Å². The Morgan fingerprint density at radius 2 is 2.11 bits per heavy atom. The Bertz CT molecular complexity index is 520. The molecule has 0 radical (unpaired) electrons. The Morgan fingerprint density at radius 1 is 1.47 bits per heavy atom. The van der Waals surface area contributed by atoms with Gasteiger partial charge in [0.05, 0.1) is 17.7 Å². The highest BCUT2D eigenvalue weighted by molar-refractivity contribution is 9.10. The molecule has 0 saturated heterocycles. The number of rotatable bonds is 3. The minimum atomic E-state index is -4.49. The average Bonchev–Trinajstić information content (AvgIpc) is 2.34. The van der Waals surface area contributed by atoms with Crippen LogP contribution in [0.3, 0.4) is 0 Å². The van der Waals surface area contributed by atoms with Crippen LogP contribution in [0.5, 0.6) is 0 Å². The van der Waals surface area contributed by atoms with Crippen LogP contribution in [0.4, 0.5) is 13.2 Å². The van der Waals surface area contributed by atoms with E-state index in [-0.39, 0.29) is 12.1 Å². The maximum absolute atomic E-state index is 12.6. The monoisotopic (exact) mass is 333 g/mol. The van der Waals surface area contributed by atoms with Crippen molar-refractivity contribution < 1.29 is 18.0 Å². The molecule has 0 aliphatic heterocycles. The zero-order valence-electron chi connectivity index (χ0n) is 10.1. The molecule has 0 N–H and O–H groups in total. The molecule has 19 heavy (non-hydrogen) atoms. The number of benzene rings is 1. The van der Waals surface area contributed by atoms with Crippen LogP contribution in [0.15, 0.2) is 22.7 Å². The van der Waals surface area contributed by atoms with Crippen molar-refractivity contribution in [2.24, 2.45) is 0 Å². The van der Waals surface area contributed by atoms with Crippen molar-refractivity contribution in [1.29, 1.82) is 0 Å². The summed E-state index contributed by atoms with van der Waals surface area (Å²) in [5.74, 6) is 1.77. The first-order chi connectivity index (χ1) is 8.81. The van der Waals surface area contributed by atoms with E-state index in [4.69, 9.17) is 6.42 Å². The van der Waals surface area contributed by atoms with Gasteiger partial charge in [-0.05, 0) is 41.1 Å². The third-order valence-electron chi connectivity index (χ3n) is 2.48. The normalized spacial score (nSPS) is 10.9. The molecule has 0 fully saturated rings. The molecule has 102 valence electrons. The summed E-state index contributed by atoms with van der Waals surface area (Å²) in [7, 11) is 0. The predicted octanol–water partition coefficient (Wildman–Crippen LogP) is 3.56. The summed E-state index contributed by atoms with van der Waals surface area (Å²) in [6, 6.07) is 2.95. The van der Waals surface area contributed by atoms with Gasteiger partial charge in [0.2, 0.25) is 0 Å². The van der Waals surface area contributed by atoms with E-state index in [1.54, 1.807) is 6.92 Å². The molecular weight excluding hydrogens is 323 g/mol. The van der Waals surface area contributed by atoms with E-state index in [1.807, 2.05) is 0 Å². The lowest BCUT2D eigenvalue weighted by Gasteiger charge is -2.19. The molecule has 1 rings (SSSR count). The summed E-state index contributed by atoms with van der Waals surface area (Å²) in [5, 5.41) is 0. The quantitative estimate of drug-likeness (QED) is 0.774. The van der Waals surface area contributed by atoms with Gasteiger partial charge in [-0.15, -0.1) is 6.42 Å². The van der Waals surface area contributed by atoms with Crippen LogP contribution in [0.1, 0.15) is 22.8 Å². The van der Waals surface area contributed by atoms with E-state index in [2.05, 4.69) is 21.9 Å². The van der Waals surface area contributed by atoms with Gasteiger partial charge in [-0.2, -0.15) is 13.2 Å². The Balaban J connectivity index is 3.19. The molecule has 6 heteroatoms. The van der Waals surface area contributed by atoms with Crippen LogP contribution in [0.25, 0.3) is 0 Å². The Labute approximate surface area is 117 Å². The molecule has 0 aliphatic rings. The van der Waals surface area contributed by atoms with Crippen LogP contribution < -0.4 is 0 Å². The number of hydrogen-bond donors (Lipinski definition) is 0. The molecule has 0 unspecified atom stereocenters. The maximum atomic E-state index is 12.6. The van der Waals surface area contributed by atoms with Crippen LogP contribution in [-0.2, 0) is 6.18 Å². The number of carbonyl (C=O) groups is 1. The van der Waals surface area contributed by atoms with Gasteiger partial charge >= 0.3 is 6.18 Å². The van der Waals surface area contributed by atoms with Crippen molar-refractivity contribution in [3.8, 4) is 12.3 Å². The number of carbonyl (C=O) groups excluding carboxylic acids is 1. The Hall–Kier alpha value is -1.48. The molecule has 0 saturated carbocycles. The van der Waals surface area contributed by atoms with Crippen LogP contribution >= 0.6 is 15.9 Å². The van der Waals surface area contributed by atoms with Crippen molar-refractivity contribution >= 4 is 21.8 Å². The first-order valence-electron chi connectivity index (χ1n) is 5.40. The molecule has 1 aromatic carbocycles. The van der Waals surface area contributed by atoms with Crippen LogP contribution in [-0.4, -0.2) is 23.9 Å². The molecular formula is C13H11BrF3NO.